The summed E-state index contributed by atoms with van der Waals surface area (Å²) in [6.45, 7) is 10.8. The van der Waals surface area contributed by atoms with Crippen LogP contribution in [0.25, 0.3) is 0 Å². The van der Waals surface area contributed by atoms with E-state index >= 15 is 0 Å². The van der Waals surface area contributed by atoms with E-state index in [9.17, 15) is 9.59 Å². The van der Waals surface area contributed by atoms with E-state index in [2.05, 4.69) is 39.0 Å². The molecule has 0 aliphatic carbocycles. The summed E-state index contributed by atoms with van der Waals surface area (Å²) in [4.78, 5) is 32.4. The van der Waals surface area contributed by atoms with Crippen LogP contribution in [0.1, 0.15) is 38.3 Å². The van der Waals surface area contributed by atoms with E-state index in [1.54, 1.807) is 0 Å². The highest BCUT2D eigenvalue weighted by molar-refractivity contribution is 5.96. The van der Waals surface area contributed by atoms with Crippen molar-refractivity contribution in [2.75, 3.05) is 39.8 Å². The Kier molecular flexibility index (Phi) is 7.09. The Morgan fingerprint density at radius 2 is 1.83 bits per heavy atom. The number of aromatic amines is 1. The molecule has 2 N–H and O–H groups in total. The number of nitrogens with zero attached hydrogens (tertiary/aromatic N) is 2. The number of benzene rings is 1. The van der Waals surface area contributed by atoms with Crippen molar-refractivity contribution < 1.29 is 4.79 Å². The number of nitrogens with one attached hydrogen (secondary N) is 2. The van der Waals surface area contributed by atoms with Crippen LogP contribution in [-0.2, 0) is 6.54 Å². The second-order valence-electron chi connectivity index (χ2n) is 8.04. The van der Waals surface area contributed by atoms with Gasteiger partial charge in [-0.2, -0.15) is 0 Å². The molecule has 158 valence electrons. The molecule has 0 saturated carbocycles. The smallest absolute Gasteiger partial charge is 0.253 e. The predicted molar refractivity (Wildman–Crippen MR) is 120 cm³/mol. The molecule has 0 atom stereocenters. The SMILES string of the molecule is Cc1cc(C)c(CNC(=O)c2cc(C#CCN3CCN(C)CC3)ccc2C)c(=O)[nH]1. The molecule has 1 fully saturated rings. The van der Waals surface area contributed by atoms with E-state index in [4.69, 9.17) is 0 Å². The molecule has 1 saturated heterocycles. The molecular formula is C24H30N4O2. The van der Waals surface area contributed by atoms with Crippen LogP contribution >= 0.6 is 0 Å². The summed E-state index contributed by atoms with van der Waals surface area (Å²) in [5, 5.41) is 2.88. The summed E-state index contributed by atoms with van der Waals surface area (Å²) in [5.74, 6) is 6.21. The molecule has 6 heteroatoms. The fraction of sp³-hybridized carbons (Fsp3) is 0.417. The molecule has 3 rings (SSSR count). The van der Waals surface area contributed by atoms with Gasteiger partial charge in [0.15, 0.2) is 0 Å². The third kappa shape index (κ3) is 5.59. The first-order chi connectivity index (χ1) is 14.3. The molecule has 1 aliphatic heterocycles. The molecule has 0 bridgehead atoms. The zero-order valence-electron chi connectivity index (χ0n) is 18.3. The van der Waals surface area contributed by atoms with E-state index in [1.165, 1.54) is 0 Å². The second kappa shape index (κ2) is 9.75. The number of rotatable bonds is 4. The highest BCUT2D eigenvalue weighted by Crippen LogP contribution is 2.12. The van der Waals surface area contributed by atoms with Gasteiger partial charge in [0.2, 0.25) is 0 Å². The lowest BCUT2D eigenvalue weighted by atomic mass is 10.0. The number of aryl methyl sites for hydroxylation is 3. The lowest BCUT2D eigenvalue weighted by Gasteiger charge is -2.30. The van der Waals surface area contributed by atoms with Crippen molar-refractivity contribution in [3.05, 3.63) is 68.1 Å². The number of piperazine rings is 1. The van der Waals surface area contributed by atoms with E-state index in [-0.39, 0.29) is 18.0 Å². The van der Waals surface area contributed by atoms with Crippen molar-refractivity contribution in [1.29, 1.82) is 0 Å². The van der Waals surface area contributed by atoms with E-state index in [0.29, 0.717) is 11.1 Å². The standard InChI is InChI=1S/C24H30N4O2/c1-17-7-8-20(6-5-9-28-12-10-27(4)11-13-28)15-21(17)23(29)25-16-22-18(2)14-19(3)26-24(22)30/h7-8,14-15H,9-13,16H2,1-4H3,(H,25,29)(H,26,30). The maximum absolute atomic E-state index is 12.7. The number of aromatic nitrogens is 1. The molecular weight excluding hydrogens is 376 g/mol. The normalized spacial score (nSPS) is 14.8. The first-order valence-electron chi connectivity index (χ1n) is 10.3. The second-order valence-corrected chi connectivity index (χ2v) is 8.04. The van der Waals surface area contributed by atoms with Gasteiger partial charge in [0, 0.05) is 55.1 Å². The van der Waals surface area contributed by atoms with Gasteiger partial charge >= 0.3 is 0 Å². The minimum Gasteiger partial charge on any atom is -0.348 e. The van der Waals surface area contributed by atoms with Crippen molar-refractivity contribution in [1.82, 2.24) is 20.1 Å². The first kappa shape index (κ1) is 21.8. The summed E-state index contributed by atoms with van der Waals surface area (Å²) < 4.78 is 0. The Bertz CT molecular complexity index is 1040. The van der Waals surface area contributed by atoms with Gasteiger partial charge < -0.3 is 15.2 Å². The maximum atomic E-state index is 12.7. The van der Waals surface area contributed by atoms with Crippen molar-refractivity contribution in [2.45, 2.75) is 27.3 Å². The molecule has 1 aromatic heterocycles. The number of hydrogen-bond acceptors (Lipinski definition) is 4. The van der Waals surface area contributed by atoms with Crippen molar-refractivity contribution >= 4 is 5.91 Å². The van der Waals surface area contributed by atoms with Gasteiger partial charge in [-0.3, -0.25) is 14.5 Å². The topological polar surface area (TPSA) is 68.4 Å². The van der Waals surface area contributed by atoms with E-state index in [0.717, 1.165) is 55.1 Å². The molecule has 1 aromatic carbocycles. The zero-order chi connectivity index (χ0) is 21.7. The van der Waals surface area contributed by atoms with Crippen LogP contribution < -0.4 is 10.9 Å². The lowest BCUT2D eigenvalue weighted by molar-refractivity contribution is 0.0950. The molecule has 1 aliphatic rings. The van der Waals surface area contributed by atoms with Gasteiger partial charge in [0.05, 0.1) is 6.54 Å². The van der Waals surface area contributed by atoms with Crippen LogP contribution in [0.4, 0.5) is 0 Å². The fourth-order valence-electron chi connectivity index (χ4n) is 3.57. The third-order valence-corrected chi connectivity index (χ3v) is 5.53. The van der Waals surface area contributed by atoms with Crippen LogP contribution in [0.15, 0.2) is 29.1 Å². The largest absolute Gasteiger partial charge is 0.348 e. The average Bonchev–Trinajstić information content (AvgIpc) is 2.69. The summed E-state index contributed by atoms with van der Waals surface area (Å²) in [7, 11) is 2.14. The Morgan fingerprint density at radius 3 is 2.53 bits per heavy atom. The van der Waals surface area contributed by atoms with E-state index in [1.807, 2.05) is 45.0 Å². The fourth-order valence-corrected chi connectivity index (χ4v) is 3.57. The maximum Gasteiger partial charge on any atom is 0.253 e. The van der Waals surface area contributed by atoms with Crippen molar-refractivity contribution in [3.8, 4) is 11.8 Å². The van der Waals surface area contributed by atoms with E-state index < -0.39 is 0 Å². The molecule has 0 radical (unpaired) electrons. The van der Waals surface area contributed by atoms with Gasteiger partial charge in [-0.15, -0.1) is 0 Å². The molecule has 1 amide bonds. The minimum absolute atomic E-state index is 0.159. The van der Waals surface area contributed by atoms with Crippen LogP contribution in [0.3, 0.4) is 0 Å². The zero-order valence-corrected chi connectivity index (χ0v) is 18.3. The van der Waals surface area contributed by atoms with Crippen LogP contribution in [0.5, 0.6) is 0 Å². The highest BCUT2D eigenvalue weighted by atomic mass is 16.1. The third-order valence-electron chi connectivity index (χ3n) is 5.53. The number of H-pyrrole nitrogens is 1. The lowest BCUT2D eigenvalue weighted by Crippen LogP contribution is -2.44. The van der Waals surface area contributed by atoms with Crippen LogP contribution in [-0.4, -0.2) is 60.5 Å². The molecule has 0 unspecified atom stereocenters. The van der Waals surface area contributed by atoms with Gasteiger partial charge in [-0.25, -0.2) is 0 Å². The summed E-state index contributed by atoms with van der Waals surface area (Å²) >= 11 is 0. The van der Waals surface area contributed by atoms with Gasteiger partial charge in [0.25, 0.3) is 11.5 Å². The molecule has 6 nitrogen and oxygen atoms in total. The number of likely N-dealkylation sites (N-methyl/N-ethyl adjacent to an activating group) is 1. The summed E-state index contributed by atoms with van der Waals surface area (Å²) in [6.07, 6.45) is 0. The predicted octanol–water partition coefficient (Wildman–Crippen LogP) is 1.83. The van der Waals surface area contributed by atoms with Crippen LogP contribution in [0, 0.1) is 32.6 Å². The monoisotopic (exact) mass is 406 g/mol. The Hall–Kier alpha value is -2.88. The number of pyridine rings is 1. The Labute approximate surface area is 178 Å². The van der Waals surface area contributed by atoms with Crippen LogP contribution in [0.2, 0.25) is 0 Å². The number of hydrogen-bond donors (Lipinski definition) is 2. The first-order valence-corrected chi connectivity index (χ1v) is 10.3. The number of carbonyl (C=O) groups excluding carboxylic acids is 1. The number of amides is 1. The molecule has 0 spiro atoms. The van der Waals surface area contributed by atoms with Crippen molar-refractivity contribution in [3.63, 3.8) is 0 Å². The summed E-state index contributed by atoms with van der Waals surface area (Å²) in [5.41, 5.74) is 4.39. The Morgan fingerprint density at radius 1 is 1.10 bits per heavy atom. The average molecular weight is 407 g/mol. The molecule has 30 heavy (non-hydrogen) atoms. The quantitative estimate of drug-likeness (QED) is 0.761. The highest BCUT2D eigenvalue weighted by Gasteiger charge is 2.13. The van der Waals surface area contributed by atoms with Gasteiger partial charge in [0.1, 0.15) is 0 Å². The minimum atomic E-state index is -0.199. The van der Waals surface area contributed by atoms with Crippen molar-refractivity contribution in [2.24, 2.45) is 0 Å². The molecule has 2 aromatic rings. The van der Waals surface area contributed by atoms with Gasteiger partial charge in [-0.1, -0.05) is 17.9 Å². The molecule has 2 heterocycles. The Balaban J connectivity index is 1.66. The van der Waals surface area contributed by atoms with Gasteiger partial charge in [-0.05, 0) is 57.1 Å². The summed E-state index contributed by atoms with van der Waals surface area (Å²) in [6, 6.07) is 7.59. The number of carbonyl (C=O) groups is 1.